The molecular formula is C43H44F3N11O8. The average molecular weight is 900 g/mol. The molecule has 19 nitrogen and oxygen atoms in total. The lowest BCUT2D eigenvalue weighted by Crippen LogP contribution is -2.31. The molecule has 1 saturated heterocycles. The van der Waals surface area contributed by atoms with Gasteiger partial charge in [-0.3, -0.25) is 9.59 Å². The Kier molecular flexibility index (Phi) is 12.1. The van der Waals surface area contributed by atoms with Crippen molar-refractivity contribution in [1.29, 1.82) is 0 Å². The molecular weight excluding hydrogens is 856 g/mol. The van der Waals surface area contributed by atoms with Crippen LogP contribution >= 0.6 is 0 Å². The van der Waals surface area contributed by atoms with Crippen LogP contribution in [0.1, 0.15) is 78.8 Å². The molecule has 8 N–H and O–H groups in total. The molecule has 3 atom stereocenters. The Morgan fingerprint density at radius 3 is 1.66 bits per heavy atom. The zero-order valence-corrected chi connectivity index (χ0v) is 35.1. The molecule has 2 fully saturated rings. The van der Waals surface area contributed by atoms with Gasteiger partial charge >= 0.3 is 11.9 Å². The number of carboxylic acid groups (broad SMARTS) is 2. The molecule has 0 spiro atoms. The van der Waals surface area contributed by atoms with Crippen molar-refractivity contribution in [3.05, 3.63) is 98.3 Å². The molecule has 2 aromatic carbocycles. The van der Waals surface area contributed by atoms with E-state index < -0.39 is 62.8 Å². The Hall–Kier alpha value is -7.65. The average Bonchev–Trinajstić information content (AvgIpc) is 3.99. The molecule has 0 amide bonds. The van der Waals surface area contributed by atoms with Crippen LogP contribution in [-0.4, -0.2) is 89.6 Å². The number of hydrogen-bond acceptors (Lipinski definition) is 15. The predicted octanol–water partition coefficient (Wildman–Crippen LogP) is 5.20. The summed E-state index contributed by atoms with van der Waals surface area (Å²) in [4.78, 5) is 66.2. The largest absolute Gasteiger partial charge is 0.487 e. The Morgan fingerprint density at radius 2 is 1.15 bits per heavy atom. The molecule has 6 aromatic rings. The van der Waals surface area contributed by atoms with E-state index in [0.717, 1.165) is 12.1 Å². The number of hydrogen-bond donors (Lipinski definition) is 6. The van der Waals surface area contributed by atoms with Crippen LogP contribution in [0.3, 0.4) is 0 Å². The normalized spacial score (nSPS) is 18.5. The number of nitrogens with two attached hydrogens (primary N) is 2. The summed E-state index contributed by atoms with van der Waals surface area (Å²) in [6.07, 6.45) is 15.1. The molecule has 4 aromatic heterocycles. The van der Waals surface area contributed by atoms with Crippen LogP contribution < -0.4 is 47.3 Å². The number of benzene rings is 2. The van der Waals surface area contributed by atoms with Gasteiger partial charge in [0.1, 0.15) is 35.5 Å². The molecule has 7 heterocycles. The lowest BCUT2D eigenvalue weighted by atomic mass is 10.0. The molecule has 0 bridgehead atoms. The highest BCUT2D eigenvalue weighted by atomic mass is 19.2. The van der Waals surface area contributed by atoms with Gasteiger partial charge in [0.2, 0.25) is 28.6 Å². The smallest absolute Gasteiger partial charge is 0.341 e. The van der Waals surface area contributed by atoms with E-state index >= 15 is 4.39 Å². The van der Waals surface area contributed by atoms with Gasteiger partial charge in [-0.1, -0.05) is 12.8 Å². The van der Waals surface area contributed by atoms with Gasteiger partial charge in [-0.05, 0) is 45.2 Å². The number of nitrogens with one attached hydrogen (secondary N) is 2. The number of rotatable bonds is 7. The van der Waals surface area contributed by atoms with Crippen LogP contribution in [0, 0.1) is 17.5 Å². The van der Waals surface area contributed by atoms with Crippen molar-refractivity contribution < 1.29 is 42.4 Å². The van der Waals surface area contributed by atoms with Crippen molar-refractivity contribution in [3.63, 3.8) is 0 Å². The zero-order chi connectivity index (χ0) is 46.3. The summed E-state index contributed by atoms with van der Waals surface area (Å²) >= 11 is 0. The molecule has 10 rings (SSSR count). The Bertz CT molecular complexity index is 2950. The summed E-state index contributed by atoms with van der Waals surface area (Å²) < 4.78 is 57.3. The molecule has 340 valence electrons. The van der Waals surface area contributed by atoms with Crippen molar-refractivity contribution in [2.75, 3.05) is 53.3 Å². The minimum Gasteiger partial charge on any atom is -0.487 e. The molecule has 1 aliphatic carbocycles. The number of nitrogens with zero attached hydrogens (tertiary/aromatic N) is 7. The molecule has 3 aliphatic heterocycles. The Balaban J connectivity index is 0.000000149. The van der Waals surface area contributed by atoms with E-state index in [0.29, 0.717) is 37.0 Å². The summed E-state index contributed by atoms with van der Waals surface area (Å²) in [6.45, 7) is 4.71. The van der Waals surface area contributed by atoms with Gasteiger partial charge in [0.15, 0.2) is 23.1 Å². The SMILES string of the molecule is C[C@H]1COc2c(F)c(F)c(N)c3c(=O)c(C(=O)O)cn1c23.C[C@H]1COc2c(N3CC[C@@H](Nc4ncccn4)C3)c(F)c(N)c3c(=O)c(C(=O)O)cn1c23.c1cnc(NC2CCCC2)nc1. The maximum absolute atomic E-state index is 15.6. The third kappa shape index (κ3) is 8.21. The van der Waals surface area contributed by atoms with Gasteiger partial charge in [0.05, 0.1) is 39.7 Å². The van der Waals surface area contributed by atoms with Gasteiger partial charge in [-0.25, -0.2) is 38.3 Å². The summed E-state index contributed by atoms with van der Waals surface area (Å²) in [7, 11) is 0. The fourth-order valence-corrected chi connectivity index (χ4v) is 8.49. The second kappa shape index (κ2) is 17.8. The lowest BCUT2D eigenvalue weighted by Gasteiger charge is -2.31. The maximum atomic E-state index is 15.6. The van der Waals surface area contributed by atoms with Crippen molar-refractivity contribution in [3.8, 4) is 11.5 Å². The van der Waals surface area contributed by atoms with Gasteiger partial charge in [-0.2, -0.15) is 4.39 Å². The topological polar surface area (TPSA) is 268 Å². The minimum atomic E-state index is -1.46. The van der Waals surface area contributed by atoms with Crippen LogP contribution in [0.5, 0.6) is 11.5 Å². The van der Waals surface area contributed by atoms with E-state index in [1.165, 1.54) is 36.4 Å². The van der Waals surface area contributed by atoms with E-state index in [9.17, 15) is 33.1 Å². The van der Waals surface area contributed by atoms with Crippen molar-refractivity contribution in [2.24, 2.45) is 0 Å². The zero-order valence-electron chi connectivity index (χ0n) is 35.1. The number of halogens is 3. The van der Waals surface area contributed by atoms with Gasteiger partial charge in [0, 0.05) is 62.4 Å². The van der Waals surface area contributed by atoms with Gasteiger partial charge in [-0.15, -0.1) is 0 Å². The first-order valence-electron chi connectivity index (χ1n) is 20.7. The molecule has 22 heteroatoms. The highest BCUT2D eigenvalue weighted by Crippen LogP contribution is 2.46. The minimum absolute atomic E-state index is 0.0182. The highest BCUT2D eigenvalue weighted by molar-refractivity contribution is 6.04. The van der Waals surface area contributed by atoms with Crippen molar-refractivity contribution >= 4 is 62.7 Å². The lowest BCUT2D eigenvalue weighted by molar-refractivity contribution is 0.0683. The van der Waals surface area contributed by atoms with E-state index in [4.69, 9.17) is 26.0 Å². The molecule has 65 heavy (non-hydrogen) atoms. The highest BCUT2D eigenvalue weighted by Gasteiger charge is 2.36. The van der Waals surface area contributed by atoms with Crippen LogP contribution in [0.2, 0.25) is 0 Å². The fourth-order valence-electron chi connectivity index (χ4n) is 8.49. The van der Waals surface area contributed by atoms with Crippen LogP contribution in [-0.2, 0) is 0 Å². The quantitative estimate of drug-likeness (QED) is 0.112. The summed E-state index contributed by atoms with van der Waals surface area (Å²) in [5, 5.41) is 24.5. The fraction of sp³-hybridized carbons (Fsp3) is 0.349. The number of aromatic nitrogens is 6. The maximum Gasteiger partial charge on any atom is 0.341 e. The number of aromatic carboxylic acids is 2. The molecule has 0 unspecified atom stereocenters. The summed E-state index contributed by atoms with van der Waals surface area (Å²) in [5.74, 6) is -5.31. The van der Waals surface area contributed by atoms with Crippen molar-refractivity contribution in [2.45, 2.75) is 70.1 Å². The van der Waals surface area contributed by atoms with Crippen molar-refractivity contribution in [1.82, 2.24) is 29.1 Å². The summed E-state index contributed by atoms with van der Waals surface area (Å²) in [6, 6.07) is 3.51. The van der Waals surface area contributed by atoms with Gasteiger partial charge < -0.3 is 55.8 Å². The van der Waals surface area contributed by atoms with Gasteiger partial charge in [0.25, 0.3) is 0 Å². The molecule has 1 saturated carbocycles. The molecule has 4 aliphatic rings. The second-order valence-corrected chi connectivity index (χ2v) is 16.1. The predicted molar refractivity (Wildman–Crippen MR) is 234 cm³/mol. The van der Waals surface area contributed by atoms with E-state index in [-0.39, 0.29) is 64.8 Å². The standard InChI is InChI=1S/C21H21FN6O4.C13H10F2N2O4.C9H13N3/c1-10-9-32-19-16-13(18(29)12(20(30)31)8-28(10)16)15(23)14(22)17(19)27-6-3-11(7-27)26-21-24-4-2-5-25-21;1-4-3-21-12-8(15)7(14)9(16)6-10(12)17(4)2-5(11(6)18)13(19)20;1-2-5-8(4-1)12-9-10-6-3-7-11-9/h2,4-5,8,10-11H,3,6-7,9,23H2,1H3,(H,30,31)(H,24,25,26);2,4H,3,16H2,1H3,(H,19,20);3,6-8H,1-2,4-5H2,(H,10,11,12)/t10-,11+;4-;/m00./s1. The Morgan fingerprint density at radius 1 is 0.692 bits per heavy atom. The first-order valence-corrected chi connectivity index (χ1v) is 20.7. The molecule has 0 radical (unpaired) electrons. The van der Waals surface area contributed by atoms with Crippen LogP contribution in [0.25, 0.3) is 21.8 Å². The Labute approximate surface area is 366 Å². The number of carbonyl (C=O) groups is 2. The number of nitrogen functional groups attached to an aromatic ring is 2. The van der Waals surface area contributed by atoms with E-state index in [1.54, 1.807) is 42.3 Å². The second-order valence-electron chi connectivity index (χ2n) is 16.1. The number of carboxylic acids is 2. The monoisotopic (exact) mass is 899 g/mol. The first-order chi connectivity index (χ1) is 31.2. The van der Waals surface area contributed by atoms with Crippen LogP contribution in [0.15, 0.2) is 58.9 Å². The number of ether oxygens (including phenoxy) is 2. The third-order valence-electron chi connectivity index (χ3n) is 11.7. The van der Waals surface area contributed by atoms with E-state index in [2.05, 4.69) is 30.6 Å². The van der Waals surface area contributed by atoms with E-state index in [1.807, 2.05) is 17.9 Å². The first kappa shape index (κ1) is 44.0. The third-order valence-corrected chi connectivity index (χ3v) is 11.7. The summed E-state index contributed by atoms with van der Waals surface area (Å²) in [5.41, 5.74) is 8.12. The van der Waals surface area contributed by atoms with Crippen LogP contribution in [0.4, 0.5) is 42.1 Å². The number of anilines is 5. The number of pyridine rings is 2.